The summed E-state index contributed by atoms with van der Waals surface area (Å²) in [4.78, 5) is 0. The smallest absolute Gasteiger partial charge is 0.171 e. The van der Waals surface area contributed by atoms with E-state index in [1.807, 2.05) is 0 Å². The third-order valence-corrected chi connectivity index (χ3v) is 3.89. The van der Waals surface area contributed by atoms with Gasteiger partial charge in [-0.1, -0.05) is 13.3 Å². The molecule has 0 aromatic heterocycles. The Morgan fingerprint density at radius 1 is 1.20 bits per heavy atom. The molecule has 1 atom stereocenters. The standard InChI is InChI=1S/C11H18ClF3/c1-2-3-10(12)8-4-6-9(7-5-8)11(13,14)15/h8-10H,2-7H2,1H3. The highest BCUT2D eigenvalue weighted by molar-refractivity contribution is 6.20. The summed E-state index contributed by atoms with van der Waals surface area (Å²) in [6, 6.07) is 0. The molecule has 1 saturated carbocycles. The highest BCUT2D eigenvalue weighted by atomic mass is 35.5. The van der Waals surface area contributed by atoms with E-state index in [2.05, 4.69) is 6.92 Å². The molecule has 1 unspecified atom stereocenters. The Morgan fingerprint density at radius 3 is 2.13 bits per heavy atom. The second-order valence-corrected chi connectivity index (χ2v) is 5.02. The van der Waals surface area contributed by atoms with Crippen LogP contribution in [-0.4, -0.2) is 11.6 Å². The summed E-state index contributed by atoms with van der Waals surface area (Å²) in [6.07, 6.45) is -0.271. The molecule has 1 rings (SSSR count). The lowest BCUT2D eigenvalue weighted by Gasteiger charge is -2.32. The predicted molar refractivity (Wildman–Crippen MR) is 56.1 cm³/mol. The summed E-state index contributed by atoms with van der Waals surface area (Å²) in [5.74, 6) is -0.788. The molecule has 0 radical (unpaired) electrons. The Morgan fingerprint density at radius 2 is 1.73 bits per heavy atom. The molecule has 0 heterocycles. The van der Waals surface area contributed by atoms with Gasteiger partial charge in [-0.3, -0.25) is 0 Å². The molecule has 0 spiro atoms. The quantitative estimate of drug-likeness (QED) is 0.626. The maximum Gasteiger partial charge on any atom is 0.391 e. The lowest BCUT2D eigenvalue weighted by molar-refractivity contribution is -0.183. The van der Waals surface area contributed by atoms with Gasteiger partial charge < -0.3 is 0 Å². The van der Waals surface area contributed by atoms with E-state index in [-0.39, 0.29) is 18.2 Å². The highest BCUT2D eigenvalue weighted by Gasteiger charge is 2.42. The van der Waals surface area contributed by atoms with E-state index in [4.69, 9.17) is 11.6 Å². The summed E-state index contributed by atoms with van der Waals surface area (Å²) in [7, 11) is 0. The molecule has 0 N–H and O–H groups in total. The number of rotatable bonds is 3. The van der Waals surface area contributed by atoms with Crippen LogP contribution >= 0.6 is 11.6 Å². The van der Waals surface area contributed by atoms with Crippen molar-refractivity contribution in [2.45, 2.75) is 57.0 Å². The van der Waals surface area contributed by atoms with Gasteiger partial charge in [0.15, 0.2) is 0 Å². The lowest BCUT2D eigenvalue weighted by atomic mass is 9.79. The minimum absolute atomic E-state index is 0.0733. The van der Waals surface area contributed by atoms with Gasteiger partial charge in [0, 0.05) is 5.38 Å². The molecule has 4 heteroatoms. The van der Waals surface area contributed by atoms with Crippen LogP contribution in [0.25, 0.3) is 0 Å². The van der Waals surface area contributed by atoms with Crippen LogP contribution in [0.4, 0.5) is 13.2 Å². The van der Waals surface area contributed by atoms with Crippen molar-refractivity contribution in [3.8, 4) is 0 Å². The SMILES string of the molecule is CCCC(Cl)C1CCC(C(F)(F)F)CC1. The van der Waals surface area contributed by atoms with Gasteiger partial charge in [0.2, 0.25) is 0 Å². The van der Waals surface area contributed by atoms with Crippen molar-refractivity contribution in [2.75, 3.05) is 0 Å². The zero-order valence-electron chi connectivity index (χ0n) is 8.99. The van der Waals surface area contributed by atoms with Crippen LogP contribution in [0.2, 0.25) is 0 Å². The lowest BCUT2D eigenvalue weighted by Crippen LogP contribution is -2.30. The molecule has 0 aromatic carbocycles. The van der Waals surface area contributed by atoms with Crippen molar-refractivity contribution < 1.29 is 13.2 Å². The second-order valence-electron chi connectivity index (χ2n) is 4.46. The fraction of sp³-hybridized carbons (Fsp3) is 1.00. The first kappa shape index (κ1) is 13.1. The van der Waals surface area contributed by atoms with Crippen molar-refractivity contribution in [1.82, 2.24) is 0 Å². The van der Waals surface area contributed by atoms with Crippen LogP contribution in [0, 0.1) is 11.8 Å². The molecule has 1 aliphatic rings. The van der Waals surface area contributed by atoms with E-state index in [1.165, 1.54) is 0 Å². The van der Waals surface area contributed by atoms with Crippen molar-refractivity contribution in [3.05, 3.63) is 0 Å². The molecule has 15 heavy (non-hydrogen) atoms. The van der Waals surface area contributed by atoms with E-state index < -0.39 is 12.1 Å². The van der Waals surface area contributed by atoms with Gasteiger partial charge in [-0.25, -0.2) is 0 Å². The van der Waals surface area contributed by atoms with Gasteiger partial charge >= 0.3 is 6.18 Å². The highest BCUT2D eigenvalue weighted by Crippen LogP contribution is 2.41. The van der Waals surface area contributed by atoms with Gasteiger partial charge in [-0.05, 0) is 38.0 Å². The molecule has 0 bridgehead atoms. The van der Waals surface area contributed by atoms with E-state index in [0.717, 1.165) is 12.8 Å². The minimum atomic E-state index is -4.00. The molecule has 1 fully saturated rings. The van der Waals surface area contributed by atoms with Crippen molar-refractivity contribution in [3.63, 3.8) is 0 Å². The van der Waals surface area contributed by atoms with Crippen LogP contribution in [0.5, 0.6) is 0 Å². The maximum absolute atomic E-state index is 12.4. The average molecular weight is 243 g/mol. The van der Waals surface area contributed by atoms with Crippen molar-refractivity contribution in [1.29, 1.82) is 0 Å². The molecule has 0 aliphatic heterocycles. The zero-order chi connectivity index (χ0) is 11.5. The van der Waals surface area contributed by atoms with Gasteiger partial charge in [-0.15, -0.1) is 11.6 Å². The number of hydrogen-bond acceptors (Lipinski definition) is 0. The monoisotopic (exact) mass is 242 g/mol. The molecule has 0 aromatic rings. The third kappa shape index (κ3) is 3.86. The minimum Gasteiger partial charge on any atom is -0.171 e. The Balaban J connectivity index is 2.36. The first-order chi connectivity index (χ1) is 6.95. The fourth-order valence-electron chi connectivity index (χ4n) is 2.32. The van der Waals surface area contributed by atoms with Crippen molar-refractivity contribution >= 4 is 11.6 Å². The van der Waals surface area contributed by atoms with E-state index in [9.17, 15) is 13.2 Å². The van der Waals surface area contributed by atoms with Gasteiger partial charge in [0.25, 0.3) is 0 Å². The molecular formula is C11H18ClF3. The summed E-state index contributed by atoms with van der Waals surface area (Å²) in [5.41, 5.74) is 0. The van der Waals surface area contributed by atoms with E-state index in [0.29, 0.717) is 18.8 Å². The largest absolute Gasteiger partial charge is 0.391 e. The van der Waals surface area contributed by atoms with Gasteiger partial charge in [0.1, 0.15) is 0 Å². The fourth-order valence-corrected chi connectivity index (χ4v) is 2.79. The molecule has 0 amide bonds. The molecule has 0 saturated heterocycles. The van der Waals surface area contributed by atoms with Gasteiger partial charge in [-0.2, -0.15) is 13.2 Å². The molecule has 90 valence electrons. The van der Waals surface area contributed by atoms with Crippen LogP contribution in [0.15, 0.2) is 0 Å². The Bertz CT molecular complexity index is 183. The first-order valence-electron chi connectivity index (χ1n) is 5.66. The topological polar surface area (TPSA) is 0 Å². The number of halogens is 4. The van der Waals surface area contributed by atoms with E-state index >= 15 is 0 Å². The number of hydrogen-bond donors (Lipinski definition) is 0. The number of alkyl halides is 4. The second kappa shape index (κ2) is 5.42. The summed E-state index contributed by atoms with van der Waals surface area (Å²) in [5, 5.41) is 0.0733. The zero-order valence-corrected chi connectivity index (χ0v) is 9.74. The van der Waals surface area contributed by atoms with Gasteiger partial charge in [0.05, 0.1) is 5.92 Å². The molecular weight excluding hydrogens is 225 g/mol. The van der Waals surface area contributed by atoms with Crippen LogP contribution < -0.4 is 0 Å². The van der Waals surface area contributed by atoms with Crippen molar-refractivity contribution in [2.24, 2.45) is 11.8 Å². The maximum atomic E-state index is 12.4. The predicted octanol–water partition coefficient (Wildman–Crippen LogP) is 4.76. The van der Waals surface area contributed by atoms with Crippen LogP contribution in [-0.2, 0) is 0 Å². The summed E-state index contributed by atoms with van der Waals surface area (Å²) < 4.78 is 37.2. The normalized spacial score (nSPS) is 30.2. The first-order valence-corrected chi connectivity index (χ1v) is 6.09. The Labute approximate surface area is 94.2 Å². The third-order valence-electron chi connectivity index (χ3n) is 3.31. The van der Waals surface area contributed by atoms with E-state index in [1.54, 1.807) is 0 Å². The molecule has 1 aliphatic carbocycles. The Hall–Kier alpha value is 0.0800. The summed E-state index contributed by atoms with van der Waals surface area (Å²) >= 11 is 6.14. The van der Waals surface area contributed by atoms with Crippen LogP contribution in [0.3, 0.4) is 0 Å². The van der Waals surface area contributed by atoms with Crippen LogP contribution in [0.1, 0.15) is 45.4 Å². The molecule has 0 nitrogen and oxygen atoms in total. The Kier molecular flexibility index (Phi) is 4.75. The summed E-state index contributed by atoms with van der Waals surface area (Å²) in [6.45, 7) is 2.05. The average Bonchev–Trinajstić information content (AvgIpc) is 2.17.